The van der Waals surface area contributed by atoms with Crippen LogP contribution in [0.2, 0.25) is 0 Å². The van der Waals surface area contributed by atoms with Gasteiger partial charge in [-0.1, -0.05) is 30.3 Å². The number of pyridine rings is 1. The lowest BCUT2D eigenvalue weighted by Crippen LogP contribution is -2.20. The molecule has 0 spiro atoms. The summed E-state index contributed by atoms with van der Waals surface area (Å²) in [5, 5.41) is 2.83. The molecule has 0 unspecified atom stereocenters. The number of amides is 1. The van der Waals surface area contributed by atoms with E-state index in [-0.39, 0.29) is 17.9 Å². The number of carbonyl (C=O) groups excluding carboxylic acids is 1. The number of nitrogens with zero attached hydrogens (tertiary/aromatic N) is 1. The van der Waals surface area contributed by atoms with Crippen LogP contribution in [0.25, 0.3) is 5.69 Å². The number of hydrogen-bond acceptors (Lipinski definition) is 3. The van der Waals surface area contributed by atoms with Crippen LogP contribution in [0, 0.1) is 0 Å². The molecule has 5 heteroatoms. The molecule has 5 nitrogen and oxygen atoms in total. The number of anilines is 1. The van der Waals surface area contributed by atoms with Gasteiger partial charge >= 0.3 is 0 Å². The molecule has 1 amide bonds. The monoisotopic (exact) mass is 334 g/mol. The molecule has 25 heavy (non-hydrogen) atoms. The SMILES string of the molecule is COc1ccc(CC(=O)Nc2ccc(=O)n(-c3ccccc3)c2)cc1. The summed E-state index contributed by atoms with van der Waals surface area (Å²) in [5.74, 6) is 0.600. The third kappa shape index (κ3) is 4.14. The number of aromatic nitrogens is 1. The zero-order valence-electron chi connectivity index (χ0n) is 13.8. The third-order valence-electron chi connectivity index (χ3n) is 3.75. The van der Waals surface area contributed by atoms with E-state index in [0.29, 0.717) is 5.69 Å². The number of benzene rings is 2. The highest BCUT2D eigenvalue weighted by molar-refractivity contribution is 5.92. The summed E-state index contributed by atoms with van der Waals surface area (Å²) in [6, 6.07) is 19.7. The number of nitrogens with one attached hydrogen (secondary N) is 1. The van der Waals surface area contributed by atoms with E-state index in [0.717, 1.165) is 17.0 Å². The van der Waals surface area contributed by atoms with Gasteiger partial charge in [-0.05, 0) is 35.9 Å². The molecule has 0 atom stereocenters. The summed E-state index contributed by atoms with van der Waals surface area (Å²) >= 11 is 0. The summed E-state index contributed by atoms with van der Waals surface area (Å²) in [6.45, 7) is 0. The van der Waals surface area contributed by atoms with Crippen LogP contribution in [0.5, 0.6) is 5.75 Å². The summed E-state index contributed by atoms with van der Waals surface area (Å²) in [5.41, 5.74) is 2.05. The van der Waals surface area contributed by atoms with E-state index in [2.05, 4.69) is 5.32 Å². The van der Waals surface area contributed by atoms with Gasteiger partial charge < -0.3 is 10.1 Å². The Kier molecular flexibility index (Phi) is 4.95. The van der Waals surface area contributed by atoms with Crippen molar-refractivity contribution in [3.05, 3.63) is 88.8 Å². The molecular formula is C20H18N2O3. The Morgan fingerprint density at radius 2 is 1.72 bits per heavy atom. The summed E-state index contributed by atoms with van der Waals surface area (Å²) in [6.07, 6.45) is 1.87. The Bertz CT molecular complexity index is 916. The van der Waals surface area contributed by atoms with Crippen LogP contribution < -0.4 is 15.6 Å². The second kappa shape index (κ2) is 7.49. The normalized spacial score (nSPS) is 10.3. The second-order valence-corrected chi connectivity index (χ2v) is 5.53. The topological polar surface area (TPSA) is 60.3 Å². The van der Waals surface area contributed by atoms with Crippen LogP contribution in [0.1, 0.15) is 5.56 Å². The number of ether oxygens (including phenoxy) is 1. The minimum absolute atomic E-state index is 0.150. The maximum Gasteiger partial charge on any atom is 0.255 e. The molecule has 0 aliphatic rings. The second-order valence-electron chi connectivity index (χ2n) is 5.53. The van der Waals surface area contributed by atoms with E-state index in [1.807, 2.05) is 54.6 Å². The standard InChI is InChI=1S/C20H18N2O3/c1-25-18-10-7-15(8-11-18)13-19(23)21-16-9-12-20(24)22(14-16)17-5-3-2-4-6-17/h2-12,14H,13H2,1H3,(H,21,23). The van der Waals surface area contributed by atoms with Gasteiger partial charge in [0.15, 0.2) is 0 Å². The van der Waals surface area contributed by atoms with Gasteiger partial charge in [0.25, 0.3) is 5.56 Å². The fraction of sp³-hybridized carbons (Fsp3) is 0.100. The average Bonchev–Trinajstić information content (AvgIpc) is 2.64. The van der Waals surface area contributed by atoms with Gasteiger partial charge in [-0.2, -0.15) is 0 Å². The zero-order chi connectivity index (χ0) is 17.6. The highest BCUT2D eigenvalue weighted by atomic mass is 16.5. The largest absolute Gasteiger partial charge is 0.497 e. The minimum atomic E-state index is -0.153. The molecule has 0 aliphatic heterocycles. The van der Waals surface area contributed by atoms with E-state index in [4.69, 9.17) is 4.74 Å². The first-order valence-corrected chi connectivity index (χ1v) is 7.86. The first kappa shape index (κ1) is 16.5. The maximum atomic E-state index is 12.2. The Morgan fingerprint density at radius 3 is 2.40 bits per heavy atom. The smallest absolute Gasteiger partial charge is 0.255 e. The van der Waals surface area contributed by atoms with E-state index >= 15 is 0 Å². The molecule has 3 rings (SSSR count). The Labute approximate surface area is 145 Å². The van der Waals surface area contributed by atoms with Crippen LogP contribution in [0.3, 0.4) is 0 Å². The predicted molar refractivity (Wildman–Crippen MR) is 97.4 cm³/mol. The van der Waals surface area contributed by atoms with Gasteiger partial charge in [0.1, 0.15) is 5.75 Å². The fourth-order valence-electron chi connectivity index (χ4n) is 2.49. The summed E-state index contributed by atoms with van der Waals surface area (Å²) in [7, 11) is 1.60. The summed E-state index contributed by atoms with van der Waals surface area (Å²) in [4.78, 5) is 24.3. The summed E-state index contributed by atoms with van der Waals surface area (Å²) < 4.78 is 6.61. The van der Waals surface area contributed by atoms with E-state index < -0.39 is 0 Å². The molecule has 0 radical (unpaired) electrons. The molecule has 1 aromatic heterocycles. The Hall–Kier alpha value is -3.34. The molecule has 1 heterocycles. The lowest BCUT2D eigenvalue weighted by Gasteiger charge is -2.10. The fourth-order valence-corrected chi connectivity index (χ4v) is 2.49. The van der Waals surface area contributed by atoms with Crippen molar-refractivity contribution in [1.82, 2.24) is 4.57 Å². The van der Waals surface area contributed by atoms with Gasteiger partial charge in [-0.3, -0.25) is 14.2 Å². The van der Waals surface area contributed by atoms with Crippen molar-refractivity contribution in [2.24, 2.45) is 0 Å². The van der Waals surface area contributed by atoms with Crippen molar-refractivity contribution >= 4 is 11.6 Å². The van der Waals surface area contributed by atoms with Crippen molar-refractivity contribution in [2.75, 3.05) is 12.4 Å². The van der Waals surface area contributed by atoms with E-state index in [1.54, 1.807) is 19.4 Å². The number of para-hydroxylation sites is 1. The maximum absolute atomic E-state index is 12.2. The molecule has 2 aromatic carbocycles. The number of methoxy groups -OCH3 is 1. The van der Waals surface area contributed by atoms with Crippen molar-refractivity contribution in [1.29, 1.82) is 0 Å². The van der Waals surface area contributed by atoms with Crippen molar-refractivity contribution in [2.45, 2.75) is 6.42 Å². The molecular weight excluding hydrogens is 316 g/mol. The molecule has 0 fully saturated rings. The third-order valence-corrected chi connectivity index (χ3v) is 3.75. The first-order valence-electron chi connectivity index (χ1n) is 7.86. The van der Waals surface area contributed by atoms with E-state index in [9.17, 15) is 9.59 Å². The van der Waals surface area contributed by atoms with Gasteiger partial charge in [-0.15, -0.1) is 0 Å². The van der Waals surface area contributed by atoms with E-state index in [1.165, 1.54) is 10.6 Å². The Balaban J connectivity index is 1.74. The Morgan fingerprint density at radius 1 is 1.00 bits per heavy atom. The van der Waals surface area contributed by atoms with Crippen LogP contribution in [0.15, 0.2) is 77.7 Å². The lowest BCUT2D eigenvalue weighted by atomic mass is 10.1. The predicted octanol–water partition coefficient (Wildman–Crippen LogP) is 3.03. The number of carbonyl (C=O) groups is 1. The van der Waals surface area contributed by atoms with Gasteiger partial charge in [-0.25, -0.2) is 0 Å². The van der Waals surface area contributed by atoms with Gasteiger partial charge in [0, 0.05) is 18.0 Å². The van der Waals surface area contributed by atoms with Crippen LogP contribution in [-0.2, 0) is 11.2 Å². The number of hydrogen-bond donors (Lipinski definition) is 1. The molecule has 3 aromatic rings. The van der Waals surface area contributed by atoms with Crippen molar-refractivity contribution in [3.63, 3.8) is 0 Å². The molecule has 0 aliphatic carbocycles. The molecule has 0 saturated heterocycles. The highest BCUT2D eigenvalue weighted by Gasteiger charge is 2.07. The average molecular weight is 334 g/mol. The highest BCUT2D eigenvalue weighted by Crippen LogP contribution is 2.13. The van der Waals surface area contributed by atoms with Gasteiger partial charge in [0.2, 0.25) is 5.91 Å². The minimum Gasteiger partial charge on any atom is -0.497 e. The number of rotatable bonds is 5. The van der Waals surface area contributed by atoms with Crippen molar-refractivity contribution < 1.29 is 9.53 Å². The van der Waals surface area contributed by atoms with Crippen LogP contribution in [-0.4, -0.2) is 17.6 Å². The van der Waals surface area contributed by atoms with Crippen LogP contribution in [0.4, 0.5) is 5.69 Å². The van der Waals surface area contributed by atoms with Gasteiger partial charge in [0.05, 0.1) is 19.2 Å². The molecule has 1 N–H and O–H groups in total. The lowest BCUT2D eigenvalue weighted by molar-refractivity contribution is -0.115. The first-order chi connectivity index (χ1) is 12.2. The quantitative estimate of drug-likeness (QED) is 0.780. The molecule has 126 valence electrons. The zero-order valence-corrected chi connectivity index (χ0v) is 13.8. The molecule has 0 bridgehead atoms. The van der Waals surface area contributed by atoms with Crippen LogP contribution >= 0.6 is 0 Å². The molecule has 0 saturated carbocycles. The van der Waals surface area contributed by atoms with Crippen molar-refractivity contribution in [3.8, 4) is 11.4 Å².